The van der Waals surface area contributed by atoms with E-state index in [1.807, 2.05) is 62.4 Å². The Balaban J connectivity index is 1.51. The van der Waals surface area contributed by atoms with Gasteiger partial charge in [-0.1, -0.05) is 53.8 Å². The van der Waals surface area contributed by atoms with Gasteiger partial charge in [-0.25, -0.2) is 4.39 Å². The second kappa shape index (κ2) is 12.6. The highest BCUT2D eigenvalue weighted by Gasteiger charge is 2.22. The summed E-state index contributed by atoms with van der Waals surface area (Å²) >= 11 is 5.82. The van der Waals surface area contributed by atoms with Crippen LogP contribution in [0.1, 0.15) is 47.8 Å². The minimum atomic E-state index is -0.587. The van der Waals surface area contributed by atoms with E-state index in [1.54, 1.807) is 16.8 Å². The molecule has 3 aromatic carbocycles. The van der Waals surface area contributed by atoms with Crippen molar-refractivity contribution < 1.29 is 18.8 Å². The van der Waals surface area contributed by atoms with Gasteiger partial charge in [-0.2, -0.15) is 0 Å². The molecule has 1 N–H and O–H groups in total. The second-order valence-electron chi connectivity index (χ2n) is 9.68. The summed E-state index contributed by atoms with van der Waals surface area (Å²) in [5.74, 6) is 4.82. The minimum absolute atomic E-state index is 0.0232. The first-order valence-electron chi connectivity index (χ1n) is 12.8. The molecule has 0 aliphatic carbocycles. The van der Waals surface area contributed by atoms with Crippen LogP contribution in [0.4, 0.5) is 4.39 Å². The van der Waals surface area contributed by atoms with E-state index in [9.17, 15) is 18.8 Å². The number of nitrogens with zero attached hydrogens (tertiary/aromatic N) is 2. The van der Waals surface area contributed by atoms with Gasteiger partial charge in [0.1, 0.15) is 12.4 Å². The van der Waals surface area contributed by atoms with Crippen molar-refractivity contribution in [1.82, 2.24) is 14.8 Å². The maximum Gasteiger partial charge on any atom is 0.243 e. The number of Topliss-reactive ketones (excluding diaryl/α,β-unsaturated/α-hetero) is 1. The summed E-state index contributed by atoms with van der Waals surface area (Å²) in [7, 11) is 0. The van der Waals surface area contributed by atoms with Gasteiger partial charge in [0.2, 0.25) is 11.8 Å². The fraction of sp³-hybridized carbons (Fsp3) is 0.219. The van der Waals surface area contributed by atoms with Crippen LogP contribution < -0.4 is 5.32 Å². The quantitative estimate of drug-likeness (QED) is 0.227. The number of fused-ring (bicyclic) bond motifs is 1. The maximum absolute atomic E-state index is 14.2. The van der Waals surface area contributed by atoms with Crippen LogP contribution >= 0.6 is 11.6 Å². The summed E-state index contributed by atoms with van der Waals surface area (Å²) in [6, 6.07) is 19.5. The average molecular weight is 558 g/mol. The fourth-order valence-electron chi connectivity index (χ4n) is 4.34. The minimum Gasteiger partial charge on any atom is -0.350 e. The fourth-order valence-corrected chi connectivity index (χ4v) is 4.53. The van der Waals surface area contributed by atoms with Crippen molar-refractivity contribution in [3.8, 4) is 11.8 Å². The van der Waals surface area contributed by atoms with Gasteiger partial charge >= 0.3 is 0 Å². The predicted molar refractivity (Wildman–Crippen MR) is 154 cm³/mol. The molecule has 0 aliphatic rings. The van der Waals surface area contributed by atoms with E-state index >= 15 is 0 Å². The smallest absolute Gasteiger partial charge is 0.243 e. The molecule has 0 fully saturated rings. The lowest BCUT2D eigenvalue weighted by Gasteiger charge is -2.26. The van der Waals surface area contributed by atoms with Crippen molar-refractivity contribution >= 4 is 40.1 Å². The highest BCUT2D eigenvalue weighted by molar-refractivity contribution is 6.30. The zero-order chi connectivity index (χ0) is 28.8. The number of nitrogens with one attached hydrogen (secondary N) is 1. The molecule has 4 aromatic rings. The molecule has 1 heterocycles. The molecule has 40 heavy (non-hydrogen) atoms. The van der Waals surface area contributed by atoms with Crippen molar-refractivity contribution in [3.05, 3.63) is 106 Å². The summed E-state index contributed by atoms with van der Waals surface area (Å²) in [5.41, 5.74) is 3.09. The molecule has 8 heteroatoms. The van der Waals surface area contributed by atoms with E-state index < -0.39 is 11.7 Å². The number of aromatic nitrogens is 1. The molecule has 2 amide bonds. The zero-order valence-electron chi connectivity index (χ0n) is 22.5. The first kappa shape index (κ1) is 28.6. The molecule has 0 bridgehead atoms. The Kier molecular flexibility index (Phi) is 9.03. The lowest BCUT2D eigenvalue weighted by atomic mass is 10.1. The first-order chi connectivity index (χ1) is 19.1. The lowest BCUT2D eigenvalue weighted by molar-refractivity contribution is -0.138. The third-order valence-electron chi connectivity index (χ3n) is 6.46. The predicted octanol–water partition coefficient (Wildman–Crippen LogP) is 5.59. The van der Waals surface area contributed by atoms with Crippen molar-refractivity contribution in [3.63, 3.8) is 0 Å². The van der Waals surface area contributed by atoms with Crippen molar-refractivity contribution in [2.24, 2.45) is 0 Å². The third-order valence-corrected chi connectivity index (χ3v) is 6.75. The largest absolute Gasteiger partial charge is 0.350 e. The van der Waals surface area contributed by atoms with Gasteiger partial charge in [-0.05, 0) is 57.2 Å². The van der Waals surface area contributed by atoms with Gasteiger partial charge in [-0.15, -0.1) is 0 Å². The monoisotopic (exact) mass is 557 g/mol. The summed E-state index contributed by atoms with van der Waals surface area (Å²) < 4.78 is 15.9. The van der Waals surface area contributed by atoms with Crippen LogP contribution in [0.3, 0.4) is 0 Å². The number of amides is 2. The summed E-state index contributed by atoms with van der Waals surface area (Å²) in [5, 5.41) is 3.34. The first-order valence-corrected chi connectivity index (χ1v) is 13.2. The van der Waals surface area contributed by atoms with Gasteiger partial charge in [0, 0.05) is 51.9 Å². The summed E-state index contributed by atoms with van der Waals surface area (Å²) in [4.78, 5) is 39.9. The molecular formula is C32H29ClFN3O3. The number of hydrogen-bond donors (Lipinski definition) is 1. The molecule has 0 spiro atoms. The SMILES string of the molecule is CC(=O)c1cn(CC(=O)N(CC(=O)NCc2cccc(Cl)c2F)C(C)C)c2ccc(C#Cc3ccccc3)cc12. The van der Waals surface area contributed by atoms with Crippen LogP contribution in [0, 0.1) is 17.7 Å². The molecule has 0 atom stereocenters. The van der Waals surface area contributed by atoms with Crippen LogP contribution in [-0.2, 0) is 22.7 Å². The van der Waals surface area contributed by atoms with Crippen molar-refractivity contribution in [1.29, 1.82) is 0 Å². The van der Waals surface area contributed by atoms with Gasteiger partial charge in [0.15, 0.2) is 5.78 Å². The van der Waals surface area contributed by atoms with Crippen LogP contribution in [0.15, 0.2) is 72.9 Å². The number of ketones is 1. The van der Waals surface area contributed by atoms with Crippen molar-refractivity contribution in [2.45, 2.75) is 39.9 Å². The number of benzene rings is 3. The van der Waals surface area contributed by atoms with Gasteiger partial charge in [0.05, 0.1) is 11.6 Å². The van der Waals surface area contributed by atoms with Crippen molar-refractivity contribution in [2.75, 3.05) is 6.54 Å². The van der Waals surface area contributed by atoms with E-state index in [0.29, 0.717) is 16.5 Å². The standard InChI is InChI=1S/C32H29ClFN3O3/c1-21(2)37(19-30(39)35-17-25-10-7-11-28(33)32(25)34)31(40)20-36-18-27(22(3)38)26-16-24(14-15-29(26)36)13-12-23-8-5-4-6-9-23/h4-11,14-16,18,21H,17,19-20H2,1-3H3,(H,35,39). The molecule has 6 nitrogen and oxygen atoms in total. The zero-order valence-corrected chi connectivity index (χ0v) is 23.3. The third kappa shape index (κ3) is 6.77. The molecule has 0 radical (unpaired) electrons. The van der Waals surface area contributed by atoms with E-state index in [0.717, 1.165) is 11.1 Å². The lowest BCUT2D eigenvalue weighted by Crippen LogP contribution is -2.45. The molecule has 0 unspecified atom stereocenters. The Morgan fingerprint density at radius 2 is 1.73 bits per heavy atom. The summed E-state index contributed by atoms with van der Waals surface area (Å²) in [6.45, 7) is 4.80. The van der Waals surface area contributed by atoms with Crippen LogP contribution in [0.5, 0.6) is 0 Å². The Bertz CT molecular complexity index is 1630. The number of carbonyl (C=O) groups is 3. The number of rotatable bonds is 8. The Labute approximate surface area is 237 Å². The Morgan fingerprint density at radius 3 is 2.42 bits per heavy atom. The molecule has 4 rings (SSSR count). The van der Waals surface area contributed by atoms with Gasteiger partial charge < -0.3 is 14.8 Å². The van der Waals surface area contributed by atoms with E-state index in [4.69, 9.17) is 11.6 Å². The highest BCUT2D eigenvalue weighted by Crippen LogP contribution is 2.24. The van der Waals surface area contributed by atoms with E-state index in [1.165, 1.54) is 24.0 Å². The molecule has 1 aromatic heterocycles. The second-order valence-corrected chi connectivity index (χ2v) is 10.1. The summed E-state index contributed by atoms with van der Waals surface area (Å²) in [6.07, 6.45) is 1.67. The van der Waals surface area contributed by atoms with E-state index in [2.05, 4.69) is 17.2 Å². The van der Waals surface area contributed by atoms with Gasteiger partial charge in [0.25, 0.3) is 0 Å². The molecular weight excluding hydrogens is 529 g/mol. The topological polar surface area (TPSA) is 71.4 Å². The Morgan fingerprint density at radius 1 is 1.00 bits per heavy atom. The number of halogens is 2. The van der Waals surface area contributed by atoms with Crippen LogP contribution in [0.2, 0.25) is 5.02 Å². The highest BCUT2D eigenvalue weighted by atomic mass is 35.5. The molecule has 0 saturated carbocycles. The number of hydrogen-bond acceptors (Lipinski definition) is 3. The molecule has 204 valence electrons. The maximum atomic E-state index is 14.2. The number of carbonyl (C=O) groups excluding carboxylic acids is 3. The van der Waals surface area contributed by atoms with Gasteiger partial charge in [-0.3, -0.25) is 14.4 Å². The average Bonchev–Trinajstić information content (AvgIpc) is 3.29. The molecule has 0 aliphatic heterocycles. The van der Waals surface area contributed by atoms with Crippen LogP contribution in [-0.4, -0.2) is 39.7 Å². The van der Waals surface area contributed by atoms with E-state index in [-0.39, 0.29) is 48.0 Å². The van der Waals surface area contributed by atoms with Crippen LogP contribution in [0.25, 0.3) is 10.9 Å². The molecule has 0 saturated heterocycles. The Hall–Kier alpha value is -4.41. The normalized spacial score (nSPS) is 10.8.